The monoisotopic (exact) mass is 352 g/mol. The molecule has 3 heteroatoms. The molecule has 0 N–H and O–H groups in total. The Balaban J connectivity index is 2.64. The van der Waals surface area contributed by atoms with Crippen LogP contribution in [0.4, 0.5) is 0 Å². The quantitative estimate of drug-likeness (QED) is 0.415. The van der Waals surface area contributed by atoms with E-state index in [-0.39, 0.29) is 23.3 Å². The minimum atomic E-state index is -2.02. The molecule has 0 aromatic heterocycles. The van der Waals surface area contributed by atoms with Crippen molar-refractivity contribution in [1.82, 2.24) is 0 Å². The Morgan fingerprint density at radius 2 is 1.56 bits per heavy atom. The maximum atomic E-state index is 12.8. The first-order valence-electron chi connectivity index (χ1n) is 8.74. The first-order valence-corrected chi connectivity index (χ1v) is 11.8. The van der Waals surface area contributed by atoms with E-state index in [2.05, 4.69) is 63.0 Å². The summed E-state index contributed by atoms with van der Waals surface area (Å²) in [6, 6.07) is 21.0. The summed E-state index contributed by atoms with van der Waals surface area (Å²) in [4.78, 5) is 12.8. The van der Waals surface area contributed by atoms with E-state index in [0.29, 0.717) is 0 Å². The van der Waals surface area contributed by atoms with Crippen LogP contribution in [0.15, 0.2) is 73.3 Å². The average molecular weight is 353 g/mol. The Hall–Kier alpha value is -2.13. The minimum absolute atomic E-state index is 0.0353. The van der Waals surface area contributed by atoms with Crippen molar-refractivity contribution in [1.29, 1.82) is 0 Å². The molecule has 0 aliphatic rings. The van der Waals surface area contributed by atoms with E-state index in [1.807, 2.05) is 30.3 Å². The van der Waals surface area contributed by atoms with E-state index in [4.69, 9.17) is 4.74 Å². The predicted octanol–water partition coefficient (Wildman–Crippen LogP) is 4.54. The van der Waals surface area contributed by atoms with Gasteiger partial charge in [0.25, 0.3) is 0 Å². The standard InChI is InChI=1S/C22H28O2Si/c1-6-17(2)20(22(23)24-3)21(18-13-9-7-10-14-18)25(4,5)19-15-11-8-12-16-19/h6-17,20-21H,1H2,2-5H3/t17-,20+,21+/m1/s1. The molecule has 0 aliphatic heterocycles. The molecule has 0 fully saturated rings. The summed E-state index contributed by atoms with van der Waals surface area (Å²) in [6.45, 7) is 10.7. The van der Waals surface area contributed by atoms with E-state index in [9.17, 15) is 4.79 Å². The van der Waals surface area contributed by atoms with Gasteiger partial charge in [-0.1, -0.05) is 91.9 Å². The summed E-state index contributed by atoms with van der Waals surface area (Å²) in [5.74, 6) is -0.363. The fraction of sp³-hybridized carbons (Fsp3) is 0.318. The Morgan fingerprint density at radius 3 is 2.04 bits per heavy atom. The van der Waals surface area contributed by atoms with Crippen molar-refractivity contribution in [3.8, 4) is 0 Å². The van der Waals surface area contributed by atoms with Crippen LogP contribution >= 0.6 is 0 Å². The molecule has 0 heterocycles. The predicted molar refractivity (Wildman–Crippen MR) is 108 cm³/mol. The lowest BCUT2D eigenvalue weighted by molar-refractivity contribution is -0.146. The fourth-order valence-electron chi connectivity index (χ4n) is 3.72. The van der Waals surface area contributed by atoms with Crippen LogP contribution < -0.4 is 5.19 Å². The number of methoxy groups -OCH3 is 1. The van der Waals surface area contributed by atoms with Crippen LogP contribution in [0.3, 0.4) is 0 Å². The maximum Gasteiger partial charge on any atom is 0.309 e. The van der Waals surface area contributed by atoms with Crippen molar-refractivity contribution in [2.45, 2.75) is 25.6 Å². The summed E-state index contributed by atoms with van der Waals surface area (Å²) in [5.41, 5.74) is 1.31. The molecule has 0 unspecified atom stereocenters. The number of allylic oxidation sites excluding steroid dienone is 1. The number of carbonyl (C=O) groups is 1. The second kappa shape index (κ2) is 8.30. The third-order valence-electron chi connectivity index (χ3n) is 5.22. The molecule has 2 rings (SSSR count). The van der Waals surface area contributed by atoms with E-state index in [1.165, 1.54) is 17.9 Å². The summed E-state index contributed by atoms with van der Waals surface area (Å²) in [6.07, 6.45) is 1.87. The van der Waals surface area contributed by atoms with Gasteiger partial charge >= 0.3 is 5.97 Å². The number of ether oxygens (including phenoxy) is 1. The van der Waals surface area contributed by atoms with Crippen LogP contribution in [0, 0.1) is 11.8 Å². The fourth-order valence-corrected chi connectivity index (χ4v) is 7.49. The first-order chi connectivity index (χ1) is 11.9. The second-order valence-electron chi connectivity index (χ2n) is 7.12. The Bertz CT molecular complexity index is 694. The van der Waals surface area contributed by atoms with Crippen molar-refractivity contribution in [2.75, 3.05) is 7.11 Å². The highest BCUT2D eigenvalue weighted by Gasteiger charge is 2.45. The molecule has 0 amide bonds. The third-order valence-corrected chi connectivity index (χ3v) is 9.29. The van der Waals surface area contributed by atoms with Gasteiger partial charge in [0.2, 0.25) is 0 Å². The highest BCUT2D eigenvalue weighted by atomic mass is 28.3. The Labute approximate surface area is 152 Å². The van der Waals surface area contributed by atoms with Gasteiger partial charge in [-0.25, -0.2) is 0 Å². The van der Waals surface area contributed by atoms with Crippen LogP contribution in [0.1, 0.15) is 18.0 Å². The number of hydrogen-bond donors (Lipinski definition) is 0. The molecular formula is C22H28O2Si. The number of benzene rings is 2. The molecule has 25 heavy (non-hydrogen) atoms. The second-order valence-corrected chi connectivity index (χ2v) is 11.8. The smallest absolute Gasteiger partial charge is 0.309 e. The maximum absolute atomic E-state index is 12.8. The van der Waals surface area contributed by atoms with Gasteiger partial charge in [0.15, 0.2) is 0 Å². The lowest BCUT2D eigenvalue weighted by Crippen LogP contribution is -2.52. The number of rotatable bonds is 7. The summed E-state index contributed by atoms with van der Waals surface area (Å²) >= 11 is 0. The molecule has 3 atom stereocenters. The number of hydrogen-bond acceptors (Lipinski definition) is 2. The van der Waals surface area contributed by atoms with Crippen LogP contribution in [0.5, 0.6) is 0 Å². The average Bonchev–Trinajstić information content (AvgIpc) is 2.66. The van der Waals surface area contributed by atoms with E-state index in [1.54, 1.807) is 0 Å². The van der Waals surface area contributed by atoms with Crippen LogP contribution in [0.25, 0.3) is 0 Å². The highest BCUT2D eigenvalue weighted by Crippen LogP contribution is 2.39. The normalized spacial score (nSPS) is 15.0. The number of esters is 1. The van der Waals surface area contributed by atoms with Gasteiger partial charge in [0.05, 0.1) is 21.1 Å². The van der Waals surface area contributed by atoms with Gasteiger partial charge in [-0.15, -0.1) is 6.58 Å². The van der Waals surface area contributed by atoms with E-state index >= 15 is 0 Å². The molecular weight excluding hydrogens is 324 g/mol. The third kappa shape index (κ3) is 4.10. The van der Waals surface area contributed by atoms with Gasteiger partial charge in [-0.05, 0) is 17.0 Å². The first kappa shape index (κ1) is 19.2. The van der Waals surface area contributed by atoms with Crippen molar-refractivity contribution in [3.63, 3.8) is 0 Å². The molecule has 0 bridgehead atoms. The summed E-state index contributed by atoms with van der Waals surface area (Å²) in [5, 5.41) is 1.34. The zero-order valence-electron chi connectivity index (χ0n) is 15.6. The van der Waals surface area contributed by atoms with Gasteiger partial charge in [0.1, 0.15) is 0 Å². The molecule has 0 spiro atoms. The van der Waals surface area contributed by atoms with Gasteiger partial charge in [-0.3, -0.25) is 4.79 Å². The molecule has 0 aliphatic carbocycles. The molecule has 0 radical (unpaired) electrons. The molecule has 2 nitrogen and oxygen atoms in total. The van der Waals surface area contributed by atoms with Crippen LogP contribution in [-0.2, 0) is 9.53 Å². The molecule has 2 aromatic carbocycles. The zero-order chi connectivity index (χ0) is 18.4. The molecule has 2 aromatic rings. The van der Waals surface area contributed by atoms with E-state index < -0.39 is 8.07 Å². The summed E-state index contributed by atoms with van der Waals surface area (Å²) in [7, 11) is -0.543. The Morgan fingerprint density at radius 1 is 1.04 bits per heavy atom. The lowest BCUT2D eigenvalue weighted by Gasteiger charge is -2.39. The van der Waals surface area contributed by atoms with Gasteiger partial charge in [-0.2, -0.15) is 0 Å². The molecule has 132 valence electrons. The minimum Gasteiger partial charge on any atom is -0.469 e. The van der Waals surface area contributed by atoms with Crippen molar-refractivity contribution < 1.29 is 9.53 Å². The Kier molecular flexibility index (Phi) is 6.37. The lowest BCUT2D eigenvalue weighted by atomic mass is 9.87. The number of carbonyl (C=O) groups excluding carboxylic acids is 1. The van der Waals surface area contributed by atoms with Crippen LogP contribution in [0.2, 0.25) is 13.1 Å². The SMILES string of the molecule is C=C[C@@H](C)[C@H](C(=O)OC)[C@H](c1ccccc1)[Si](C)(C)c1ccccc1. The van der Waals surface area contributed by atoms with Gasteiger partial charge in [0, 0.05) is 0 Å². The zero-order valence-corrected chi connectivity index (χ0v) is 16.6. The highest BCUT2D eigenvalue weighted by molar-refractivity contribution is 6.91. The topological polar surface area (TPSA) is 26.3 Å². The van der Waals surface area contributed by atoms with Crippen LogP contribution in [-0.4, -0.2) is 21.2 Å². The largest absolute Gasteiger partial charge is 0.469 e. The van der Waals surface area contributed by atoms with Crippen molar-refractivity contribution in [3.05, 3.63) is 78.9 Å². The van der Waals surface area contributed by atoms with E-state index in [0.717, 1.165) is 0 Å². The van der Waals surface area contributed by atoms with Gasteiger partial charge < -0.3 is 4.74 Å². The van der Waals surface area contributed by atoms with Crippen molar-refractivity contribution in [2.24, 2.45) is 11.8 Å². The van der Waals surface area contributed by atoms with Crippen molar-refractivity contribution >= 4 is 19.2 Å². The molecule has 0 saturated heterocycles. The molecule has 0 saturated carbocycles. The summed E-state index contributed by atoms with van der Waals surface area (Å²) < 4.78 is 5.20.